The van der Waals surface area contributed by atoms with Crippen molar-refractivity contribution in [3.63, 3.8) is 0 Å². The fourth-order valence-corrected chi connectivity index (χ4v) is 4.30. The molecule has 0 aromatic rings. The Bertz CT molecular complexity index is 461. The Morgan fingerprint density at radius 3 is 1.71 bits per heavy atom. The minimum atomic E-state index is -0.787. The van der Waals surface area contributed by atoms with E-state index in [2.05, 4.69) is 13.8 Å². The number of aliphatic carboxylic acids is 2. The normalized spacial score (nSPS) is 22.2. The lowest BCUT2D eigenvalue weighted by molar-refractivity contribution is -0.144. The SMILES string of the molecule is CC(C)CCCCOC(=O)CCC1CC(CCC(=O)O)CC(CCC(=O)O)C1. The standard InChI is InChI=1S/C22H38O6/c1-16(2)5-3-4-12-28-22(27)11-8-19-14-17(6-9-20(23)24)13-18(15-19)7-10-21(25)26/h16-19H,3-15H2,1-2H3,(H,23,24)(H,25,26). The molecule has 2 atom stereocenters. The van der Waals surface area contributed by atoms with Gasteiger partial charge >= 0.3 is 17.9 Å². The van der Waals surface area contributed by atoms with Crippen LogP contribution >= 0.6 is 0 Å². The van der Waals surface area contributed by atoms with Gasteiger partial charge in [0.05, 0.1) is 6.61 Å². The monoisotopic (exact) mass is 398 g/mol. The number of carboxylic acid groups (broad SMARTS) is 2. The molecule has 1 aliphatic rings. The van der Waals surface area contributed by atoms with Crippen LogP contribution in [0.2, 0.25) is 0 Å². The molecular formula is C22H38O6. The van der Waals surface area contributed by atoms with Crippen LogP contribution in [0.15, 0.2) is 0 Å². The molecule has 0 aliphatic heterocycles. The molecule has 1 aliphatic carbocycles. The topological polar surface area (TPSA) is 101 Å². The van der Waals surface area contributed by atoms with Crippen molar-refractivity contribution in [3.05, 3.63) is 0 Å². The maximum atomic E-state index is 12.0. The van der Waals surface area contributed by atoms with E-state index < -0.39 is 11.9 Å². The molecule has 162 valence electrons. The molecule has 0 bridgehead atoms. The number of carboxylic acids is 2. The second-order valence-electron chi connectivity index (χ2n) is 8.82. The molecular weight excluding hydrogens is 360 g/mol. The van der Waals surface area contributed by atoms with Gasteiger partial charge < -0.3 is 14.9 Å². The van der Waals surface area contributed by atoms with Gasteiger partial charge in [0.25, 0.3) is 0 Å². The molecule has 0 aromatic carbocycles. The van der Waals surface area contributed by atoms with E-state index >= 15 is 0 Å². The molecule has 0 heterocycles. The second kappa shape index (κ2) is 13.6. The number of hydrogen-bond donors (Lipinski definition) is 2. The summed E-state index contributed by atoms with van der Waals surface area (Å²) >= 11 is 0. The van der Waals surface area contributed by atoms with Gasteiger partial charge in [-0.2, -0.15) is 0 Å². The maximum absolute atomic E-state index is 12.0. The van der Waals surface area contributed by atoms with Crippen molar-refractivity contribution < 1.29 is 29.3 Å². The van der Waals surface area contributed by atoms with E-state index in [0.29, 0.717) is 49.5 Å². The van der Waals surface area contributed by atoms with Crippen LogP contribution in [0.25, 0.3) is 0 Å². The summed E-state index contributed by atoms with van der Waals surface area (Å²) in [6, 6.07) is 0. The van der Waals surface area contributed by atoms with Crippen molar-refractivity contribution in [1.82, 2.24) is 0 Å². The lowest BCUT2D eigenvalue weighted by atomic mass is 9.71. The molecule has 1 rings (SSSR count). The van der Waals surface area contributed by atoms with Gasteiger partial charge in [0, 0.05) is 19.3 Å². The van der Waals surface area contributed by atoms with Gasteiger partial charge in [0.2, 0.25) is 0 Å². The zero-order valence-corrected chi connectivity index (χ0v) is 17.5. The van der Waals surface area contributed by atoms with Crippen molar-refractivity contribution in [2.75, 3.05) is 6.61 Å². The minimum Gasteiger partial charge on any atom is -0.481 e. The molecule has 2 N–H and O–H groups in total. The van der Waals surface area contributed by atoms with Crippen LogP contribution in [-0.4, -0.2) is 34.7 Å². The fourth-order valence-electron chi connectivity index (χ4n) is 4.30. The third-order valence-electron chi connectivity index (χ3n) is 5.73. The molecule has 1 fully saturated rings. The summed E-state index contributed by atoms with van der Waals surface area (Å²) in [6.07, 6.45) is 8.61. The van der Waals surface area contributed by atoms with Crippen molar-refractivity contribution in [2.24, 2.45) is 23.7 Å². The summed E-state index contributed by atoms with van der Waals surface area (Å²) in [4.78, 5) is 33.8. The Labute approximate surface area is 169 Å². The lowest BCUT2D eigenvalue weighted by Gasteiger charge is -2.35. The van der Waals surface area contributed by atoms with Gasteiger partial charge in [-0.15, -0.1) is 0 Å². The summed E-state index contributed by atoms with van der Waals surface area (Å²) in [5, 5.41) is 17.9. The molecule has 28 heavy (non-hydrogen) atoms. The molecule has 0 saturated heterocycles. The molecule has 1 saturated carbocycles. The average molecular weight is 399 g/mol. The van der Waals surface area contributed by atoms with Crippen LogP contribution in [0.5, 0.6) is 0 Å². The average Bonchev–Trinajstić information content (AvgIpc) is 2.62. The molecule has 0 spiro atoms. The van der Waals surface area contributed by atoms with E-state index in [-0.39, 0.29) is 18.8 Å². The first-order chi connectivity index (χ1) is 13.3. The van der Waals surface area contributed by atoms with Crippen LogP contribution in [0.1, 0.15) is 90.9 Å². The number of carbonyl (C=O) groups excluding carboxylic acids is 1. The number of unbranched alkanes of at least 4 members (excludes halogenated alkanes) is 1. The third-order valence-corrected chi connectivity index (χ3v) is 5.73. The highest BCUT2D eigenvalue weighted by Crippen LogP contribution is 2.39. The van der Waals surface area contributed by atoms with Gasteiger partial charge in [-0.05, 0) is 75.0 Å². The van der Waals surface area contributed by atoms with E-state index in [1.165, 1.54) is 0 Å². The van der Waals surface area contributed by atoms with Gasteiger partial charge in [0.1, 0.15) is 0 Å². The first-order valence-electron chi connectivity index (χ1n) is 10.9. The van der Waals surface area contributed by atoms with E-state index in [1.54, 1.807) is 0 Å². The van der Waals surface area contributed by atoms with Gasteiger partial charge in [-0.3, -0.25) is 14.4 Å². The van der Waals surface area contributed by atoms with E-state index in [0.717, 1.165) is 44.9 Å². The summed E-state index contributed by atoms with van der Waals surface area (Å²) in [6.45, 7) is 4.85. The van der Waals surface area contributed by atoms with Crippen molar-refractivity contribution in [2.45, 2.75) is 90.9 Å². The molecule has 0 amide bonds. The van der Waals surface area contributed by atoms with Crippen LogP contribution in [-0.2, 0) is 19.1 Å². The molecule has 0 radical (unpaired) electrons. The van der Waals surface area contributed by atoms with Crippen LogP contribution in [0.3, 0.4) is 0 Å². The summed E-state index contributed by atoms with van der Waals surface area (Å²) < 4.78 is 5.33. The molecule has 2 unspecified atom stereocenters. The van der Waals surface area contributed by atoms with Crippen molar-refractivity contribution in [1.29, 1.82) is 0 Å². The minimum absolute atomic E-state index is 0.153. The Balaban J connectivity index is 2.37. The highest BCUT2D eigenvalue weighted by Gasteiger charge is 2.29. The van der Waals surface area contributed by atoms with E-state index in [9.17, 15) is 14.4 Å². The van der Waals surface area contributed by atoms with E-state index in [1.807, 2.05) is 0 Å². The van der Waals surface area contributed by atoms with Gasteiger partial charge in [0.15, 0.2) is 0 Å². The highest BCUT2D eigenvalue weighted by molar-refractivity contribution is 5.69. The van der Waals surface area contributed by atoms with Gasteiger partial charge in [-0.1, -0.05) is 20.3 Å². The van der Waals surface area contributed by atoms with E-state index in [4.69, 9.17) is 14.9 Å². The number of rotatable bonds is 14. The number of hydrogen-bond acceptors (Lipinski definition) is 4. The molecule has 0 aromatic heterocycles. The summed E-state index contributed by atoms with van der Waals surface area (Å²) in [5.74, 6) is -0.0961. The Kier molecular flexibility index (Phi) is 11.8. The third kappa shape index (κ3) is 12.0. The number of ether oxygens (including phenoxy) is 1. The Hall–Kier alpha value is -1.59. The second-order valence-corrected chi connectivity index (χ2v) is 8.82. The fraction of sp³-hybridized carbons (Fsp3) is 0.864. The van der Waals surface area contributed by atoms with Crippen LogP contribution < -0.4 is 0 Å². The lowest BCUT2D eigenvalue weighted by Crippen LogP contribution is -2.25. The predicted molar refractivity (Wildman–Crippen MR) is 107 cm³/mol. The molecule has 6 heteroatoms. The highest BCUT2D eigenvalue weighted by atomic mass is 16.5. The smallest absolute Gasteiger partial charge is 0.305 e. The summed E-state index contributed by atoms with van der Waals surface area (Å²) in [7, 11) is 0. The first-order valence-corrected chi connectivity index (χ1v) is 10.9. The van der Waals surface area contributed by atoms with Crippen molar-refractivity contribution in [3.8, 4) is 0 Å². The Morgan fingerprint density at radius 2 is 1.29 bits per heavy atom. The zero-order valence-electron chi connectivity index (χ0n) is 17.5. The Morgan fingerprint density at radius 1 is 0.821 bits per heavy atom. The van der Waals surface area contributed by atoms with Crippen LogP contribution in [0, 0.1) is 23.7 Å². The quantitative estimate of drug-likeness (QED) is 0.319. The van der Waals surface area contributed by atoms with Crippen LogP contribution in [0.4, 0.5) is 0 Å². The largest absolute Gasteiger partial charge is 0.481 e. The predicted octanol–water partition coefficient (Wildman–Crippen LogP) is 4.90. The molecule has 6 nitrogen and oxygen atoms in total. The maximum Gasteiger partial charge on any atom is 0.305 e. The zero-order chi connectivity index (χ0) is 20.9. The van der Waals surface area contributed by atoms with Crippen molar-refractivity contribution >= 4 is 17.9 Å². The number of carbonyl (C=O) groups is 3. The summed E-state index contributed by atoms with van der Waals surface area (Å²) in [5.41, 5.74) is 0. The number of esters is 1. The van der Waals surface area contributed by atoms with Gasteiger partial charge in [-0.25, -0.2) is 0 Å². The first kappa shape index (κ1) is 24.4.